The maximum Gasteiger partial charge on any atom is 0.412 e. The summed E-state index contributed by atoms with van der Waals surface area (Å²) in [6.07, 6.45) is -0.797. The zero-order chi connectivity index (χ0) is 21.6. The van der Waals surface area contributed by atoms with Gasteiger partial charge in [-0.05, 0) is 38.1 Å². The molecule has 12 heteroatoms. The molecule has 0 aliphatic heterocycles. The molecule has 2 aromatic rings. The van der Waals surface area contributed by atoms with E-state index < -0.39 is 28.6 Å². The van der Waals surface area contributed by atoms with Gasteiger partial charge >= 0.3 is 11.8 Å². The number of phenolic OH excluding ortho intramolecular Hbond substituents is 1. The summed E-state index contributed by atoms with van der Waals surface area (Å²) in [6, 6.07) is 6.34. The Morgan fingerprint density at radius 2 is 2.07 bits per heavy atom. The zero-order valence-electron chi connectivity index (χ0n) is 15.6. The third kappa shape index (κ3) is 5.22. The molecule has 1 atom stereocenters. The number of hydrogen-bond donors (Lipinski definition) is 5. The van der Waals surface area contributed by atoms with Crippen LogP contribution in [0.3, 0.4) is 0 Å². The lowest BCUT2D eigenvalue weighted by Gasteiger charge is -2.18. The van der Waals surface area contributed by atoms with E-state index in [0.717, 1.165) is 0 Å². The highest BCUT2D eigenvalue weighted by Gasteiger charge is 2.25. The van der Waals surface area contributed by atoms with E-state index in [9.17, 15) is 25.2 Å². The zero-order valence-corrected chi connectivity index (χ0v) is 15.6. The van der Waals surface area contributed by atoms with E-state index >= 15 is 0 Å². The van der Waals surface area contributed by atoms with Gasteiger partial charge in [0.2, 0.25) is 5.82 Å². The number of ether oxygens (including phenoxy) is 1. The summed E-state index contributed by atoms with van der Waals surface area (Å²) in [5, 5.41) is 38.6. The van der Waals surface area contributed by atoms with Crippen molar-refractivity contribution >= 4 is 34.8 Å². The highest BCUT2D eigenvalue weighted by Crippen LogP contribution is 2.33. The number of amides is 1. The van der Waals surface area contributed by atoms with Crippen molar-refractivity contribution < 1.29 is 24.8 Å². The number of phenols is 1. The number of aromatic hydroxyl groups is 1. The minimum atomic E-state index is -0.797. The van der Waals surface area contributed by atoms with E-state index in [1.54, 1.807) is 13.8 Å². The number of benzene rings is 1. The average Bonchev–Trinajstić information content (AvgIpc) is 2.63. The number of nitrogens with zero attached hydrogens (tertiary/aromatic N) is 3. The van der Waals surface area contributed by atoms with Crippen LogP contribution >= 0.6 is 0 Å². The summed E-state index contributed by atoms with van der Waals surface area (Å²) < 4.78 is 4.75. The number of hydrogen-bond acceptors (Lipinski definition) is 10. The van der Waals surface area contributed by atoms with Gasteiger partial charge in [0.15, 0.2) is 0 Å². The van der Waals surface area contributed by atoms with Crippen LogP contribution in [-0.4, -0.2) is 44.7 Å². The van der Waals surface area contributed by atoms with Gasteiger partial charge in [-0.25, -0.2) is 9.78 Å². The number of nitrogen functional groups attached to an aromatic ring is 1. The maximum absolute atomic E-state index is 11.6. The second-order valence-electron chi connectivity index (χ2n) is 5.79. The Bertz CT molecular complexity index is 931. The van der Waals surface area contributed by atoms with Gasteiger partial charge in [-0.15, -0.1) is 0 Å². The normalized spacial score (nSPS) is 12.1. The van der Waals surface area contributed by atoms with E-state index in [0.29, 0.717) is 5.56 Å². The number of oxime groups is 1. The van der Waals surface area contributed by atoms with Crippen molar-refractivity contribution in [3.05, 3.63) is 46.0 Å². The Morgan fingerprint density at radius 1 is 1.41 bits per heavy atom. The van der Waals surface area contributed by atoms with Crippen molar-refractivity contribution in [2.24, 2.45) is 5.16 Å². The number of nitro groups is 1. The molecule has 0 radical (unpaired) electrons. The quantitative estimate of drug-likeness (QED) is 0.200. The van der Waals surface area contributed by atoms with Gasteiger partial charge in [0.25, 0.3) is 0 Å². The van der Waals surface area contributed by atoms with Crippen LogP contribution in [0.4, 0.5) is 27.8 Å². The largest absolute Gasteiger partial charge is 0.508 e. The first kappa shape index (κ1) is 21.2. The fourth-order valence-corrected chi connectivity index (χ4v) is 2.52. The molecule has 1 aromatic heterocycles. The summed E-state index contributed by atoms with van der Waals surface area (Å²) in [5.74, 6) is -0.460. The van der Waals surface area contributed by atoms with E-state index in [1.165, 1.54) is 30.3 Å². The Kier molecular flexibility index (Phi) is 6.74. The minimum absolute atomic E-state index is 0.0267. The predicted octanol–water partition coefficient (Wildman–Crippen LogP) is 2.52. The van der Waals surface area contributed by atoms with Gasteiger partial charge in [0.1, 0.15) is 23.0 Å². The minimum Gasteiger partial charge on any atom is -0.508 e. The molecule has 1 heterocycles. The van der Waals surface area contributed by atoms with Crippen LogP contribution < -0.4 is 16.4 Å². The topological polar surface area (TPSA) is 185 Å². The van der Waals surface area contributed by atoms with Crippen molar-refractivity contribution in [1.82, 2.24) is 4.98 Å². The van der Waals surface area contributed by atoms with Gasteiger partial charge in [-0.1, -0.05) is 5.16 Å². The number of nitrogens with two attached hydrogens (primary N) is 1. The highest BCUT2D eigenvalue weighted by molar-refractivity contribution is 6.05. The molecule has 0 saturated heterocycles. The highest BCUT2D eigenvalue weighted by atomic mass is 16.6. The smallest absolute Gasteiger partial charge is 0.412 e. The van der Waals surface area contributed by atoms with Crippen molar-refractivity contribution in [3.63, 3.8) is 0 Å². The Labute approximate surface area is 165 Å². The van der Waals surface area contributed by atoms with Crippen LogP contribution in [-0.2, 0) is 4.74 Å². The van der Waals surface area contributed by atoms with Crippen molar-refractivity contribution in [2.45, 2.75) is 19.9 Å². The fraction of sp³-hybridized carbons (Fsp3) is 0.235. The molecule has 0 saturated carbocycles. The molecule has 0 aliphatic rings. The Morgan fingerprint density at radius 3 is 2.62 bits per heavy atom. The molecule has 1 aromatic carbocycles. The van der Waals surface area contributed by atoms with Gasteiger partial charge in [0.05, 0.1) is 17.6 Å². The van der Waals surface area contributed by atoms with Crippen LogP contribution in [0.2, 0.25) is 0 Å². The third-order valence-corrected chi connectivity index (χ3v) is 3.76. The predicted molar refractivity (Wildman–Crippen MR) is 105 cm³/mol. The first-order valence-electron chi connectivity index (χ1n) is 8.43. The molecule has 2 rings (SSSR count). The van der Waals surface area contributed by atoms with Gasteiger partial charge in [-0.3, -0.25) is 15.4 Å². The van der Waals surface area contributed by atoms with Crippen molar-refractivity contribution in [2.75, 3.05) is 23.0 Å². The number of carbonyl (C=O) groups excluding carboxylic acids is 1. The summed E-state index contributed by atoms with van der Waals surface area (Å²) >= 11 is 0. The van der Waals surface area contributed by atoms with Gasteiger partial charge in [0, 0.05) is 11.6 Å². The first-order chi connectivity index (χ1) is 13.8. The lowest BCUT2D eigenvalue weighted by atomic mass is 10.0. The van der Waals surface area contributed by atoms with E-state index in [1.807, 2.05) is 0 Å². The van der Waals surface area contributed by atoms with Crippen molar-refractivity contribution in [1.29, 1.82) is 0 Å². The average molecular weight is 404 g/mol. The number of rotatable bonds is 7. The van der Waals surface area contributed by atoms with Crippen LogP contribution in [0.25, 0.3) is 0 Å². The monoisotopic (exact) mass is 404 g/mol. The fourth-order valence-electron chi connectivity index (χ4n) is 2.52. The van der Waals surface area contributed by atoms with E-state index in [-0.39, 0.29) is 29.6 Å². The molecular weight excluding hydrogens is 384 g/mol. The van der Waals surface area contributed by atoms with Crippen LogP contribution in [0, 0.1) is 10.1 Å². The summed E-state index contributed by atoms with van der Waals surface area (Å²) in [6.45, 7) is 3.34. The number of pyridine rings is 1. The maximum atomic E-state index is 11.6. The summed E-state index contributed by atoms with van der Waals surface area (Å²) in [7, 11) is 0. The SMILES string of the molecule is CCOC(=O)Nc1cc(NC(C)/C(=N/O)c2ccc(O)cc2)c([N+](=O)[O-])c(N)n1. The molecule has 12 nitrogen and oxygen atoms in total. The second-order valence-corrected chi connectivity index (χ2v) is 5.79. The molecule has 0 aliphatic carbocycles. The standard InChI is InChI=1S/C17H20N6O6/c1-3-29-17(25)21-13-8-12(15(23(27)28)16(18)20-13)19-9(2)14(22-26)10-4-6-11(24)7-5-10/h4-9,24,26H,3H2,1-2H3,(H4,18,19,20,21,25)/b22-14-. The summed E-state index contributed by atoms with van der Waals surface area (Å²) in [5.41, 5.74) is 5.75. The molecule has 6 N–H and O–H groups in total. The van der Waals surface area contributed by atoms with Crippen molar-refractivity contribution in [3.8, 4) is 5.75 Å². The molecule has 154 valence electrons. The summed E-state index contributed by atoms with van der Waals surface area (Å²) in [4.78, 5) is 26.1. The number of anilines is 3. The first-order valence-corrected chi connectivity index (χ1v) is 8.43. The van der Waals surface area contributed by atoms with Gasteiger partial charge in [-0.2, -0.15) is 0 Å². The number of nitrogens with one attached hydrogen (secondary N) is 2. The van der Waals surface area contributed by atoms with Gasteiger partial charge < -0.3 is 26.1 Å². The Balaban J connectivity index is 2.37. The van der Waals surface area contributed by atoms with Crippen LogP contribution in [0.1, 0.15) is 19.4 Å². The molecule has 0 fully saturated rings. The molecule has 29 heavy (non-hydrogen) atoms. The lowest BCUT2D eigenvalue weighted by Crippen LogP contribution is -2.28. The van der Waals surface area contributed by atoms with Crippen LogP contribution in [0.5, 0.6) is 5.75 Å². The van der Waals surface area contributed by atoms with E-state index in [2.05, 4.69) is 20.8 Å². The Hall–Kier alpha value is -4.09. The van der Waals surface area contributed by atoms with Crippen LogP contribution in [0.15, 0.2) is 35.5 Å². The lowest BCUT2D eigenvalue weighted by molar-refractivity contribution is -0.383. The second kappa shape index (κ2) is 9.21. The number of carbonyl (C=O) groups is 1. The molecule has 1 amide bonds. The molecule has 0 spiro atoms. The van der Waals surface area contributed by atoms with E-state index in [4.69, 9.17) is 10.5 Å². The molecular formula is C17H20N6O6. The molecule has 0 bridgehead atoms. The number of aromatic nitrogens is 1. The molecule has 1 unspecified atom stereocenters. The third-order valence-electron chi connectivity index (χ3n) is 3.76.